The molecule has 144 valence electrons. The average Bonchev–Trinajstić information content (AvgIpc) is 3.54. The standard InChI is InChI=1S/C21H24N6O/c1-15-12-19(23-14-22-15)27(16-5-6-16)17-7-10-25(11-8-17)20-13-21(28)26-9-3-2-4-18(26)24-20/h2-4,9,12-14,16-17H,5-8,10-11H2,1H3. The van der Waals surface area contributed by atoms with Gasteiger partial charge < -0.3 is 9.80 Å². The minimum atomic E-state index is -0.0289. The highest BCUT2D eigenvalue weighted by atomic mass is 16.1. The van der Waals surface area contributed by atoms with Crippen molar-refractivity contribution in [2.45, 2.75) is 44.7 Å². The van der Waals surface area contributed by atoms with Gasteiger partial charge in [0.05, 0.1) is 0 Å². The van der Waals surface area contributed by atoms with Gasteiger partial charge in [-0.2, -0.15) is 0 Å². The van der Waals surface area contributed by atoms with E-state index in [0.717, 1.165) is 43.3 Å². The van der Waals surface area contributed by atoms with Crippen molar-refractivity contribution in [1.82, 2.24) is 19.4 Å². The van der Waals surface area contributed by atoms with Crippen molar-refractivity contribution in [3.05, 3.63) is 58.9 Å². The zero-order valence-corrected chi connectivity index (χ0v) is 16.0. The summed E-state index contributed by atoms with van der Waals surface area (Å²) in [4.78, 5) is 30.6. The number of hydrogen-bond acceptors (Lipinski definition) is 6. The minimum Gasteiger partial charge on any atom is -0.356 e. The Morgan fingerprint density at radius 2 is 1.82 bits per heavy atom. The fourth-order valence-corrected chi connectivity index (χ4v) is 4.18. The zero-order chi connectivity index (χ0) is 19.1. The van der Waals surface area contributed by atoms with Gasteiger partial charge in [0.2, 0.25) is 0 Å². The number of fused-ring (bicyclic) bond motifs is 1. The normalized spacial score (nSPS) is 17.8. The Hall–Kier alpha value is -2.96. The predicted octanol–water partition coefficient (Wildman–Crippen LogP) is 2.43. The van der Waals surface area contributed by atoms with Crippen LogP contribution in [0.4, 0.5) is 11.6 Å². The van der Waals surface area contributed by atoms with Crippen LogP contribution < -0.4 is 15.4 Å². The maximum Gasteiger partial charge on any atom is 0.259 e. The van der Waals surface area contributed by atoms with Crippen LogP contribution in [0.3, 0.4) is 0 Å². The van der Waals surface area contributed by atoms with Crippen molar-refractivity contribution in [3.8, 4) is 0 Å². The van der Waals surface area contributed by atoms with Crippen LogP contribution in [-0.4, -0.2) is 44.5 Å². The maximum atomic E-state index is 12.4. The highest BCUT2D eigenvalue weighted by Gasteiger charge is 2.36. The summed E-state index contributed by atoms with van der Waals surface area (Å²) in [7, 11) is 0. The molecule has 0 atom stereocenters. The molecule has 1 aliphatic heterocycles. The smallest absolute Gasteiger partial charge is 0.259 e. The largest absolute Gasteiger partial charge is 0.356 e. The summed E-state index contributed by atoms with van der Waals surface area (Å²) in [6.45, 7) is 3.81. The number of rotatable bonds is 4. The van der Waals surface area contributed by atoms with Crippen molar-refractivity contribution in [2.24, 2.45) is 0 Å². The average molecular weight is 376 g/mol. The second-order valence-electron chi connectivity index (χ2n) is 7.76. The molecule has 7 nitrogen and oxygen atoms in total. The zero-order valence-electron chi connectivity index (χ0n) is 16.0. The molecule has 0 spiro atoms. The second kappa shape index (κ2) is 6.89. The van der Waals surface area contributed by atoms with Gasteiger partial charge >= 0.3 is 0 Å². The van der Waals surface area contributed by atoms with Gasteiger partial charge in [-0.3, -0.25) is 9.20 Å². The van der Waals surface area contributed by atoms with E-state index in [1.807, 2.05) is 25.1 Å². The van der Waals surface area contributed by atoms with Crippen LogP contribution in [0.5, 0.6) is 0 Å². The number of aryl methyl sites for hydroxylation is 1. The second-order valence-corrected chi connectivity index (χ2v) is 7.76. The number of piperidine rings is 1. The summed E-state index contributed by atoms with van der Waals surface area (Å²) in [6, 6.07) is 10.5. The van der Waals surface area contributed by atoms with Gasteiger partial charge in [-0.15, -0.1) is 0 Å². The van der Waals surface area contributed by atoms with Crippen LogP contribution in [0.2, 0.25) is 0 Å². The molecule has 0 N–H and O–H groups in total. The molecule has 28 heavy (non-hydrogen) atoms. The lowest BCUT2D eigenvalue weighted by atomic mass is 10.0. The third-order valence-electron chi connectivity index (χ3n) is 5.73. The lowest BCUT2D eigenvalue weighted by Crippen LogP contribution is -2.47. The van der Waals surface area contributed by atoms with E-state index in [9.17, 15) is 4.79 Å². The Kier molecular flexibility index (Phi) is 4.22. The lowest BCUT2D eigenvalue weighted by molar-refractivity contribution is 0.457. The third kappa shape index (κ3) is 3.21. The summed E-state index contributed by atoms with van der Waals surface area (Å²) in [5.74, 6) is 1.83. The van der Waals surface area contributed by atoms with Crippen LogP contribution in [0.1, 0.15) is 31.4 Å². The fraction of sp³-hybridized carbons (Fsp3) is 0.429. The van der Waals surface area contributed by atoms with Crippen LogP contribution in [0.15, 0.2) is 47.7 Å². The first-order valence-corrected chi connectivity index (χ1v) is 9.99. The van der Waals surface area contributed by atoms with Crippen molar-refractivity contribution in [3.63, 3.8) is 0 Å². The van der Waals surface area contributed by atoms with E-state index in [2.05, 4.69) is 25.8 Å². The molecule has 3 aromatic heterocycles. The molecule has 2 aliphatic rings. The van der Waals surface area contributed by atoms with Crippen molar-refractivity contribution < 1.29 is 0 Å². The van der Waals surface area contributed by atoms with Crippen LogP contribution in [0, 0.1) is 6.92 Å². The molecule has 1 saturated carbocycles. The quantitative estimate of drug-likeness (QED) is 0.697. The molecule has 1 saturated heterocycles. The van der Waals surface area contributed by atoms with E-state index in [1.54, 1.807) is 23.0 Å². The Labute approximate surface area is 163 Å². The molecular formula is C21H24N6O. The molecule has 0 unspecified atom stereocenters. The van der Waals surface area contributed by atoms with Gasteiger partial charge in [0.15, 0.2) is 0 Å². The van der Waals surface area contributed by atoms with Crippen LogP contribution in [-0.2, 0) is 0 Å². The molecule has 0 aromatic carbocycles. The summed E-state index contributed by atoms with van der Waals surface area (Å²) in [5.41, 5.74) is 1.68. The van der Waals surface area contributed by atoms with Gasteiger partial charge in [0.1, 0.15) is 23.6 Å². The molecule has 0 bridgehead atoms. The summed E-state index contributed by atoms with van der Waals surface area (Å²) in [5, 5.41) is 0. The van der Waals surface area contributed by atoms with Crippen molar-refractivity contribution >= 4 is 17.3 Å². The first-order chi connectivity index (χ1) is 13.7. The number of aromatic nitrogens is 4. The Morgan fingerprint density at radius 1 is 1.04 bits per heavy atom. The molecule has 4 heterocycles. The van der Waals surface area contributed by atoms with E-state index in [0.29, 0.717) is 17.7 Å². The summed E-state index contributed by atoms with van der Waals surface area (Å²) < 4.78 is 1.59. The van der Waals surface area contributed by atoms with Crippen LogP contribution in [0.25, 0.3) is 5.65 Å². The highest BCUT2D eigenvalue weighted by Crippen LogP contribution is 2.35. The van der Waals surface area contributed by atoms with Gasteiger partial charge in [-0.05, 0) is 44.7 Å². The van der Waals surface area contributed by atoms with Gasteiger partial charge in [-0.1, -0.05) is 6.07 Å². The Morgan fingerprint density at radius 3 is 2.57 bits per heavy atom. The summed E-state index contributed by atoms with van der Waals surface area (Å²) in [6.07, 6.45) is 7.99. The first kappa shape index (κ1) is 17.2. The predicted molar refractivity (Wildman–Crippen MR) is 109 cm³/mol. The number of hydrogen-bond donors (Lipinski definition) is 0. The van der Waals surface area contributed by atoms with Crippen molar-refractivity contribution in [2.75, 3.05) is 22.9 Å². The van der Waals surface area contributed by atoms with Crippen molar-refractivity contribution in [1.29, 1.82) is 0 Å². The molecule has 0 amide bonds. The Bertz CT molecular complexity index is 1050. The molecule has 2 fully saturated rings. The summed E-state index contributed by atoms with van der Waals surface area (Å²) >= 11 is 0. The van der Waals surface area contributed by atoms with E-state index in [4.69, 9.17) is 4.98 Å². The monoisotopic (exact) mass is 376 g/mol. The van der Waals surface area contributed by atoms with Crippen LogP contribution >= 0.6 is 0 Å². The SMILES string of the molecule is Cc1cc(N(C2CC2)C2CCN(c3cc(=O)n4ccccc4n3)CC2)ncn1. The fourth-order valence-electron chi connectivity index (χ4n) is 4.18. The molecular weight excluding hydrogens is 352 g/mol. The van der Waals surface area contributed by atoms with E-state index < -0.39 is 0 Å². The van der Waals surface area contributed by atoms with E-state index >= 15 is 0 Å². The maximum absolute atomic E-state index is 12.4. The van der Waals surface area contributed by atoms with Gasteiger partial charge in [0.25, 0.3) is 5.56 Å². The minimum absolute atomic E-state index is 0.0289. The van der Waals surface area contributed by atoms with Gasteiger partial charge in [0, 0.05) is 49.2 Å². The molecule has 1 aliphatic carbocycles. The van der Waals surface area contributed by atoms with E-state index in [1.165, 1.54) is 12.8 Å². The number of pyridine rings is 1. The molecule has 5 rings (SSSR count). The molecule has 3 aromatic rings. The van der Waals surface area contributed by atoms with Gasteiger partial charge in [-0.25, -0.2) is 15.0 Å². The molecule has 7 heteroatoms. The number of nitrogens with zero attached hydrogens (tertiary/aromatic N) is 6. The molecule has 0 radical (unpaired) electrons. The first-order valence-electron chi connectivity index (χ1n) is 9.99. The highest BCUT2D eigenvalue weighted by molar-refractivity contribution is 5.49. The lowest BCUT2D eigenvalue weighted by Gasteiger charge is -2.39. The van der Waals surface area contributed by atoms with E-state index in [-0.39, 0.29) is 5.56 Å². The Balaban J connectivity index is 1.35. The topological polar surface area (TPSA) is 66.6 Å². The number of anilines is 2. The third-order valence-corrected chi connectivity index (χ3v) is 5.73.